The number of hydrogen-bond acceptors (Lipinski definition) is 3. The van der Waals surface area contributed by atoms with Gasteiger partial charge in [0.15, 0.2) is 5.76 Å². The van der Waals surface area contributed by atoms with E-state index in [-0.39, 0.29) is 22.7 Å². The molecule has 0 aromatic rings. The Balaban J connectivity index is 2.90. The molecule has 5 heteroatoms. The molecular formula is C8H12F2O2S. The zero-order valence-electron chi connectivity index (χ0n) is 7.67. The van der Waals surface area contributed by atoms with Crippen LogP contribution in [0.5, 0.6) is 0 Å². The maximum Gasteiger partial charge on any atom is 0.585 e. The summed E-state index contributed by atoms with van der Waals surface area (Å²) in [4.78, 5) is 0. The molecule has 0 aromatic heterocycles. The van der Waals surface area contributed by atoms with Crippen LogP contribution in [0.15, 0.2) is 11.5 Å². The van der Waals surface area contributed by atoms with Crippen LogP contribution >= 0.6 is 12.6 Å². The molecule has 1 atom stereocenters. The molecule has 13 heavy (non-hydrogen) atoms. The van der Waals surface area contributed by atoms with Crippen molar-refractivity contribution in [2.45, 2.75) is 32.3 Å². The number of rotatable bonds is 2. The van der Waals surface area contributed by atoms with Crippen LogP contribution in [0, 0.1) is 5.92 Å². The first-order chi connectivity index (χ1) is 5.83. The quantitative estimate of drug-likeness (QED) is 0.706. The molecule has 76 valence electrons. The second-order valence-electron chi connectivity index (χ2n) is 3.23. The molecule has 1 aliphatic rings. The fraction of sp³-hybridized carbons (Fsp3) is 0.750. The SMILES string of the molecule is CC(C)C1=C(C(C)S)OC(F)(F)O1. The van der Waals surface area contributed by atoms with Crippen LogP contribution in [-0.4, -0.2) is 11.5 Å². The van der Waals surface area contributed by atoms with Gasteiger partial charge in [0.25, 0.3) is 0 Å². The first-order valence-electron chi connectivity index (χ1n) is 4.01. The molecule has 1 unspecified atom stereocenters. The number of thiol groups is 1. The summed E-state index contributed by atoms with van der Waals surface area (Å²) in [6.45, 7) is 5.18. The number of allylic oxidation sites excluding steroid dienone is 1. The van der Waals surface area contributed by atoms with Gasteiger partial charge >= 0.3 is 6.29 Å². The Labute approximate surface area is 81.3 Å². The van der Waals surface area contributed by atoms with Gasteiger partial charge in [0, 0.05) is 5.92 Å². The van der Waals surface area contributed by atoms with E-state index in [2.05, 4.69) is 22.1 Å². The second kappa shape index (κ2) is 3.36. The minimum absolute atomic E-state index is 0.127. The van der Waals surface area contributed by atoms with E-state index < -0.39 is 6.29 Å². The first-order valence-corrected chi connectivity index (χ1v) is 4.53. The highest BCUT2D eigenvalue weighted by molar-refractivity contribution is 7.81. The summed E-state index contributed by atoms with van der Waals surface area (Å²) in [6, 6.07) is 0. The molecule has 0 N–H and O–H groups in total. The molecular weight excluding hydrogens is 198 g/mol. The number of halogens is 2. The average molecular weight is 210 g/mol. The van der Waals surface area contributed by atoms with Crippen molar-refractivity contribution in [3.05, 3.63) is 11.5 Å². The van der Waals surface area contributed by atoms with Gasteiger partial charge in [-0.3, -0.25) is 0 Å². The van der Waals surface area contributed by atoms with Crippen molar-refractivity contribution in [1.82, 2.24) is 0 Å². The lowest BCUT2D eigenvalue weighted by atomic mass is 10.1. The minimum Gasteiger partial charge on any atom is -0.400 e. The highest BCUT2D eigenvalue weighted by Gasteiger charge is 2.46. The summed E-state index contributed by atoms with van der Waals surface area (Å²) in [5, 5.41) is -0.384. The third kappa shape index (κ3) is 2.27. The Bertz CT molecular complexity index is 214. The monoisotopic (exact) mass is 210 g/mol. The fourth-order valence-electron chi connectivity index (χ4n) is 1.07. The largest absolute Gasteiger partial charge is 0.585 e. The summed E-state index contributed by atoms with van der Waals surface area (Å²) in [6.07, 6.45) is -3.52. The first kappa shape index (κ1) is 10.6. The Morgan fingerprint density at radius 2 is 1.62 bits per heavy atom. The molecule has 0 aliphatic carbocycles. The van der Waals surface area contributed by atoms with Crippen molar-refractivity contribution in [2.75, 3.05) is 0 Å². The van der Waals surface area contributed by atoms with Crippen molar-refractivity contribution >= 4 is 12.6 Å². The van der Waals surface area contributed by atoms with Gasteiger partial charge in [0.05, 0.1) is 5.25 Å². The zero-order chi connectivity index (χ0) is 10.2. The van der Waals surface area contributed by atoms with Gasteiger partial charge in [-0.15, -0.1) is 8.78 Å². The Morgan fingerprint density at radius 3 is 1.92 bits per heavy atom. The van der Waals surface area contributed by atoms with Crippen LogP contribution in [0.3, 0.4) is 0 Å². The van der Waals surface area contributed by atoms with E-state index in [0.29, 0.717) is 0 Å². The third-order valence-electron chi connectivity index (χ3n) is 1.60. The molecule has 2 nitrogen and oxygen atoms in total. The lowest BCUT2D eigenvalue weighted by Gasteiger charge is -2.09. The fourth-order valence-corrected chi connectivity index (χ4v) is 1.25. The van der Waals surface area contributed by atoms with E-state index in [1.807, 2.05) is 0 Å². The van der Waals surface area contributed by atoms with Crippen LogP contribution in [0.2, 0.25) is 0 Å². The molecule has 1 rings (SSSR count). The van der Waals surface area contributed by atoms with Gasteiger partial charge in [-0.1, -0.05) is 13.8 Å². The van der Waals surface area contributed by atoms with Gasteiger partial charge in [-0.25, -0.2) is 0 Å². The van der Waals surface area contributed by atoms with Crippen LogP contribution < -0.4 is 0 Å². The highest BCUT2D eigenvalue weighted by Crippen LogP contribution is 2.39. The van der Waals surface area contributed by atoms with Crippen molar-refractivity contribution < 1.29 is 18.3 Å². The predicted molar refractivity (Wildman–Crippen MR) is 47.4 cm³/mol. The number of alkyl halides is 2. The van der Waals surface area contributed by atoms with Gasteiger partial charge < -0.3 is 9.47 Å². The van der Waals surface area contributed by atoms with Crippen LogP contribution in [0.4, 0.5) is 8.78 Å². The molecule has 0 aromatic carbocycles. The van der Waals surface area contributed by atoms with E-state index in [1.165, 1.54) is 0 Å². The molecule has 0 fully saturated rings. The van der Waals surface area contributed by atoms with E-state index in [9.17, 15) is 8.78 Å². The maximum atomic E-state index is 12.6. The minimum atomic E-state index is -3.52. The van der Waals surface area contributed by atoms with Gasteiger partial charge in [-0.05, 0) is 6.92 Å². The number of ether oxygens (including phenoxy) is 2. The molecule has 0 saturated carbocycles. The summed E-state index contributed by atoms with van der Waals surface area (Å²) in [5.74, 6) is 0.189. The van der Waals surface area contributed by atoms with Crippen LogP contribution in [-0.2, 0) is 9.47 Å². The summed E-state index contributed by atoms with van der Waals surface area (Å²) in [7, 11) is 0. The Kier molecular flexibility index (Phi) is 2.75. The van der Waals surface area contributed by atoms with Gasteiger partial charge in [-0.2, -0.15) is 12.6 Å². The molecule has 0 bridgehead atoms. The highest BCUT2D eigenvalue weighted by atomic mass is 32.1. The van der Waals surface area contributed by atoms with E-state index >= 15 is 0 Å². The Morgan fingerprint density at radius 1 is 1.15 bits per heavy atom. The normalized spacial score (nSPS) is 23.0. The molecule has 1 heterocycles. The topological polar surface area (TPSA) is 18.5 Å². The average Bonchev–Trinajstić information content (AvgIpc) is 2.26. The van der Waals surface area contributed by atoms with E-state index in [0.717, 1.165) is 0 Å². The molecule has 0 radical (unpaired) electrons. The van der Waals surface area contributed by atoms with Crippen molar-refractivity contribution in [2.24, 2.45) is 5.92 Å². The van der Waals surface area contributed by atoms with Gasteiger partial charge in [0.2, 0.25) is 0 Å². The van der Waals surface area contributed by atoms with Crippen LogP contribution in [0.1, 0.15) is 20.8 Å². The van der Waals surface area contributed by atoms with Gasteiger partial charge in [0.1, 0.15) is 5.76 Å². The third-order valence-corrected chi connectivity index (χ3v) is 1.84. The standard InChI is InChI=1S/C8H12F2O2S/c1-4(2)6-7(5(3)13)12-8(9,10)11-6/h4-5,13H,1-3H3. The molecule has 1 aliphatic heterocycles. The maximum absolute atomic E-state index is 12.6. The second-order valence-corrected chi connectivity index (χ2v) is 4.00. The van der Waals surface area contributed by atoms with Crippen molar-refractivity contribution in [3.8, 4) is 0 Å². The number of hydrogen-bond donors (Lipinski definition) is 1. The summed E-state index contributed by atoms with van der Waals surface area (Å²) >= 11 is 4.03. The zero-order valence-corrected chi connectivity index (χ0v) is 8.57. The molecule has 0 saturated heterocycles. The van der Waals surface area contributed by atoms with Crippen molar-refractivity contribution in [3.63, 3.8) is 0 Å². The molecule has 0 spiro atoms. The summed E-state index contributed by atoms with van der Waals surface area (Å²) in [5.41, 5.74) is 0. The summed E-state index contributed by atoms with van der Waals surface area (Å²) < 4.78 is 34.0. The predicted octanol–water partition coefficient (Wildman–Crippen LogP) is 2.77. The smallest absolute Gasteiger partial charge is 0.400 e. The Hall–Kier alpha value is -0.450. The van der Waals surface area contributed by atoms with E-state index in [4.69, 9.17) is 0 Å². The van der Waals surface area contributed by atoms with E-state index in [1.54, 1.807) is 20.8 Å². The van der Waals surface area contributed by atoms with Crippen molar-refractivity contribution in [1.29, 1.82) is 0 Å². The lowest BCUT2D eigenvalue weighted by Crippen LogP contribution is -2.18. The van der Waals surface area contributed by atoms with Crippen LogP contribution in [0.25, 0.3) is 0 Å². The lowest BCUT2D eigenvalue weighted by molar-refractivity contribution is -0.339. The molecule has 0 amide bonds.